The summed E-state index contributed by atoms with van der Waals surface area (Å²) in [6.45, 7) is 4.28. The third-order valence-electron chi connectivity index (χ3n) is 5.81. The van der Waals surface area contributed by atoms with Crippen LogP contribution >= 0.6 is 23.2 Å². The third-order valence-corrected chi connectivity index (χ3v) is 6.51. The Bertz CT molecular complexity index is 729. The van der Waals surface area contributed by atoms with Crippen LogP contribution in [0.5, 0.6) is 0 Å². The number of halogens is 2. The highest BCUT2D eigenvalue weighted by molar-refractivity contribution is 6.36. The SMILES string of the molecule is C=CCONC(=O)C1(Cc2c(Cl)cccc2Cl)CCN(C2CCCCC2)C1=O. The summed E-state index contributed by atoms with van der Waals surface area (Å²) in [4.78, 5) is 33.7. The Morgan fingerprint density at radius 1 is 1.29 bits per heavy atom. The van der Waals surface area contributed by atoms with Crippen molar-refractivity contribution in [2.24, 2.45) is 5.41 Å². The molecule has 2 amide bonds. The summed E-state index contributed by atoms with van der Waals surface area (Å²) in [6.07, 6.45) is 7.51. The molecule has 152 valence electrons. The molecule has 1 heterocycles. The lowest BCUT2D eigenvalue weighted by Gasteiger charge is -2.33. The van der Waals surface area contributed by atoms with Crippen LogP contribution in [0, 0.1) is 5.41 Å². The molecule has 28 heavy (non-hydrogen) atoms. The van der Waals surface area contributed by atoms with Crippen LogP contribution in [-0.2, 0) is 20.8 Å². The highest BCUT2D eigenvalue weighted by atomic mass is 35.5. The molecular weight excluding hydrogens is 399 g/mol. The smallest absolute Gasteiger partial charge is 0.259 e. The Kier molecular flexibility index (Phi) is 7.02. The first-order valence-electron chi connectivity index (χ1n) is 9.76. The molecule has 0 spiro atoms. The molecular formula is C21H26Cl2N2O3. The molecule has 0 aromatic heterocycles. The van der Waals surface area contributed by atoms with Crippen molar-refractivity contribution < 1.29 is 14.4 Å². The van der Waals surface area contributed by atoms with Gasteiger partial charge in [-0.2, -0.15) is 0 Å². The predicted octanol–water partition coefficient (Wildman–Crippen LogP) is 4.32. The van der Waals surface area contributed by atoms with Gasteiger partial charge < -0.3 is 4.90 Å². The summed E-state index contributed by atoms with van der Waals surface area (Å²) in [7, 11) is 0. The van der Waals surface area contributed by atoms with Crippen LogP contribution in [0.3, 0.4) is 0 Å². The summed E-state index contributed by atoms with van der Waals surface area (Å²) in [5.74, 6) is -0.608. The lowest BCUT2D eigenvalue weighted by atomic mass is 9.79. The number of rotatable bonds is 7. The van der Waals surface area contributed by atoms with Gasteiger partial charge >= 0.3 is 0 Å². The van der Waals surface area contributed by atoms with E-state index in [0.717, 1.165) is 25.7 Å². The number of nitrogens with one attached hydrogen (secondary N) is 1. The second kappa shape index (κ2) is 9.29. The van der Waals surface area contributed by atoms with E-state index in [0.29, 0.717) is 28.6 Å². The van der Waals surface area contributed by atoms with E-state index in [1.807, 2.05) is 4.90 Å². The molecule has 1 saturated carbocycles. The summed E-state index contributed by atoms with van der Waals surface area (Å²) in [5.41, 5.74) is 1.78. The van der Waals surface area contributed by atoms with Crippen LogP contribution in [-0.4, -0.2) is 35.9 Å². The maximum Gasteiger partial charge on any atom is 0.259 e. The predicted molar refractivity (Wildman–Crippen MR) is 110 cm³/mol. The number of carbonyl (C=O) groups is 2. The molecule has 1 unspecified atom stereocenters. The Labute approximate surface area is 176 Å². The zero-order chi connectivity index (χ0) is 20.1. The number of likely N-dealkylation sites (tertiary alicyclic amines) is 1. The van der Waals surface area contributed by atoms with E-state index in [9.17, 15) is 9.59 Å². The number of hydrogen-bond donors (Lipinski definition) is 1. The third kappa shape index (κ3) is 4.22. The Hall–Kier alpha value is -1.56. The van der Waals surface area contributed by atoms with Crippen molar-refractivity contribution in [3.8, 4) is 0 Å². The molecule has 1 aliphatic carbocycles. The number of amides is 2. The van der Waals surface area contributed by atoms with Crippen LogP contribution in [0.15, 0.2) is 30.9 Å². The first-order valence-corrected chi connectivity index (χ1v) is 10.5. The fraction of sp³-hybridized carbons (Fsp3) is 0.524. The van der Waals surface area contributed by atoms with Gasteiger partial charge in [-0.25, -0.2) is 5.48 Å². The molecule has 1 atom stereocenters. The van der Waals surface area contributed by atoms with Gasteiger partial charge in [-0.15, -0.1) is 6.58 Å². The van der Waals surface area contributed by atoms with E-state index in [2.05, 4.69) is 12.1 Å². The molecule has 0 radical (unpaired) electrons. The highest BCUT2D eigenvalue weighted by Crippen LogP contribution is 2.41. The van der Waals surface area contributed by atoms with Crippen LogP contribution in [0.25, 0.3) is 0 Å². The normalized spacial score (nSPS) is 23.1. The van der Waals surface area contributed by atoms with Crippen molar-refractivity contribution >= 4 is 35.0 Å². The van der Waals surface area contributed by atoms with Crippen LogP contribution in [0.1, 0.15) is 44.1 Å². The van der Waals surface area contributed by atoms with Gasteiger partial charge in [0, 0.05) is 22.6 Å². The van der Waals surface area contributed by atoms with Gasteiger partial charge in [0.05, 0.1) is 6.61 Å². The second-order valence-corrected chi connectivity index (χ2v) is 8.34. The molecule has 0 bridgehead atoms. The first-order chi connectivity index (χ1) is 13.5. The minimum Gasteiger partial charge on any atom is -0.339 e. The molecule has 2 fully saturated rings. The monoisotopic (exact) mass is 424 g/mol. The molecule has 5 nitrogen and oxygen atoms in total. The minimum atomic E-state index is -1.27. The van der Waals surface area contributed by atoms with Crippen molar-refractivity contribution in [1.82, 2.24) is 10.4 Å². The fourth-order valence-corrected chi connectivity index (χ4v) is 4.79. The molecule has 1 N–H and O–H groups in total. The van der Waals surface area contributed by atoms with Gasteiger partial charge in [0.2, 0.25) is 5.91 Å². The molecule has 1 aliphatic heterocycles. The number of carbonyl (C=O) groups excluding carboxylic acids is 2. The number of nitrogens with zero attached hydrogens (tertiary/aromatic N) is 1. The maximum atomic E-state index is 13.5. The first kappa shape index (κ1) is 21.2. The zero-order valence-electron chi connectivity index (χ0n) is 15.9. The summed E-state index contributed by atoms with van der Waals surface area (Å²) < 4.78 is 0. The molecule has 2 aliphatic rings. The molecule has 1 saturated heterocycles. The molecule has 7 heteroatoms. The van der Waals surface area contributed by atoms with Gasteiger partial charge in [-0.05, 0) is 43.4 Å². The van der Waals surface area contributed by atoms with Crippen LogP contribution in [0.2, 0.25) is 10.0 Å². The van der Waals surface area contributed by atoms with Gasteiger partial charge in [-0.1, -0.05) is 54.6 Å². The highest BCUT2D eigenvalue weighted by Gasteiger charge is 2.54. The van der Waals surface area contributed by atoms with Crippen molar-refractivity contribution in [1.29, 1.82) is 0 Å². The average Bonchev–Trinajstić information content (AvgIpc) is 3.03. The second-order valence-electron chi connectivity index (χ2n) is 7.53. The summed E-state index contributed by atoms with van der Waals surface area (Å²) in [5, 5.41) is 0.909. The summed E-state index contributed by atoms with van der Waals surface area (Å²) >= 11 is 12.7. The largest absolute Gasteiger partial charge is 0.339 e. The van der Waals surface area contributed by atoms with Gasteiger partial charge in [-0.3, -0.25) is 14.4 Å². The number of benzene rings is 1. The van der Waals surface area contributed by atoms with E-state index in [1.54, 1.807) is 18.2 Å². The van der Waals surface area contributed by atoms with Gasteiger partial charge in [0.25, 0.3) is 5.91 Å². The van der Waals surface area contributed by atoms with E-state index < -0.39 is 11.3 Å². The molecule has 1 aromatic carbocycles. The lowest BCUT2D eigenvalue weighted by molar-refractivity contribution is -0.153. The van der Waals surface area contributed by atoms with Crippen molar-refractivity contribution in [2.45, 2.75) is 51.0 Å². The molecule has 3 rings (SSSR count). The Morgan fingerprint density at radius 2 is 1.96 bits per heavy atom. The van der Waals surface area contributed by atoms with E-state index in [4.69, 9.17) is 28.0 Å². The van der Waals surface area contributed by atoms with E-state index in [1.165, 1.54) is 12.5 Å². The van der Waals surface area contributed by atoms with Crippen molar-refractivity contribution in [3.05, 3.63) is 46.5 Å². The fourth-order valence-electron chi connectivity index (χ4n) is 4.26. The summed E-state index contributed by atoms with van der Waals surface area (Å²) in [6, 6.07) is 5.40. The number of hydrogen-bond acceptors (Lipinski definition) is 3. The van der Waals surface area contributed by atoms with E-state index in [-0.39, 0.29) is 25.0 Å². The Balaban J connectivity index is 1.90. The zero-order valence-corrected chi connectivity index (χ0v) is 17.4. The lowest BCUT2D eigenvalue weighted by Crippen LogP contribution is -2.50. The maximum absolute atomic E-state index is 13.5. The Morgan fingerprint density at radius 3 is 2.61 bits per heavy atom. The van der Waals surface area contributed by atoms with Gasteiger partial charge in [0.15, 0.2) is 0 Å². The average molecular weight is 425 g/mol. The topological polar surface area (TPSA) is 58.6 Å². The van der Waals surface area contributed by atoms with Gasteiger partial charge in [0.1, 0.15) is 5.41 Å². The van der Waals surface area contributed by atoms with E-state index >= 15 is 0 Å². The standard InChI is InChI=1S/C21H26Cl2N2O3/c1-2-13-28-24-19(26)21(14-16-17(22)9-6-10-18(16)23)11-12-25(20(21)27)15-7-4-3-5-8-15/h2,6,9-10,15H,1,3-5,7-8,11-14H2,(H,24,26). The quantitative estimate of drug-likeness (QED) is 0.306. The van der Waals surface area contributed by atoms with Crippen LogP contribution in [0.4, 0.5) is 0 Å². The van der Waals surface area contributed by atoms with Crippen molar-refractivity contribution in [3.63, 3.8) is 0 Å². The molecule has 1 aromatic rings. The van der Waals surface area contributed by atoms with Crippen molar-refractivity contribution in [2.75, 3.05) is 13.2 Å². The van der Waals surface area contributed by atoms with Crippen LogP contribution < -0.4 is 5.48 Å². The number of hydroxylamine groups is 1. The minimum absolute atomic E-state index is 0.150.